The number of urea groups is 1. The van der Waals surface area contributed by atoms with Crippen LogP contribution in [0.25, 0.3) is 16.9 Å². The maximum absolute atomic E-state index is 13.9. The Kier molecular flexibility index (Phi) is 6.86. The van der Waals surface area contributed by atoms with E-state index in [-0.39, 0.29) is 29.7 Å². The summed E-state index contributed by atoms with van der Waals surface area (Å²) in [5.74, 6) is -1.58. The first-order chi connectivity index (χ1) is 16.4. The molecule has 1 aliphatic heterocycles. The van der Waals surface area contributed by atoms with Crippen LogP contribution in [0.2, 0.25) is 0 Å². The van der Waals surface area contributed by atoms with Crippen LogP contribution in [0.4, 0.5) is 9.18 Å². The average molecular weight is 465 g/mol. The molecule has 0 spiro atoms. The third-order valence-corrected chi connectivity index (χ3v) is 5.50. The number of hydrogen-bond donors (Lipinski definition) is 3. The first-order valence-electron chi connectivity index (χ1n) is 10.9. The smallest absolute Gasteiger partial charge is 0.335 e. The fourth-order valence-corrected chi connectivity index (χ4v) is 3.73. The van der Waals surface area contributed by atoms with E-state index in [1.807, 2.05) is 0 Å². The van der Waals surface area contributed by atoms with E-state index in [4.69, 9.17) is 5.11 Å². The summed E-state index contributed by atoms with van der Waals surface area (Å²) in [4.78, 5) is 36.6. The van der Waals surface area contributed by atoms with Crippen LogP contribution in [-0.2, 0) is 11.2 Å². The van der Waals surface area contributed by atoms with Gasteiger partial charge in [0.05, 0.1) is 22.6 Å². The zero-order valence-electron chi connectivity index (χ0n) is 18.3. The molecule has 3 amide bonds. The zero-order valence-corrected chi connectivity index (χ0v) is 18.3. The van der Waals surface area contributed by atoms with Crippen molar-refractivity contribution in [2.75, 3.05) is 26.2 Å². The molecule has 2 aromatic carbocycles. The second-order valence-electron chi connectivity index (χ2n) is 7.86. The Morgan fingerprint density at radius 2 is 1.94 bits per heavy atom. The fourth-order valence-electron chi connectivity index (χ4n) is 3.73. The molecule has 1 saturated heterocycles. The molecule has 3 N–H and O–H groups in total. The maximum Gasteiger partial charge on any atom is 0.335 e. The second kappa shape index (κ2) is 10.2. The Bertz CT molecular complexity index is 1210. The summed E-state index contributed by atoms with van der Waals surface area (Å²) in [6.07, 6.45) is 0.558. The highest BCUT2D eigenvalue weighted by Crippen LogP contribution is 2.25. The average Bonchev–Trinajstić information content (AvgIpc) is 3.44. The molecule has 0 atom stereocenters. The summed E-state index contributed by atoms with van der Waals surface area (Å²) in [5, 5.41) is 19.3. The molecule has 0 bridgehead atoms. The van der Waals surface area contributed by atoms with Gasteiger partial charge in [-0.05, 0) is 42.5 Å². The van der Waals surface area contributed by atoms with Gasteiger partial charge in [-0.3, -0.25) is 4.79 Å². The van der Waals surface area contributed by atoms with Crippen molar-refractivity contribution in [1.29, 1.82) is 0 Å². The lowest BCUT2D eigenvalue weighted by molar-refractivity contribution is -0.121. The van der Waals surface area contributed by atoms with E-state index in [9.17, 15) is 18.8 Å². The van der Waals surface area contributed by atoms with Crippen molar-refractivity contribution in [3.63, 3.8) is 0 Å². The van der Waals surface area contributed by atoms with Crippen LogP contribution in [0.1, 0.15) is 22.5 Å². The Morgan fingerprint density at radius 3 is 2.62 bits per heavy atom. The number of rotatable bonds is 9. The molecule has 3 aromatic rings. The van der Waals surface area contributed by atoms with Gasteiger partial charge in [-0.25, -0.2) is 18.7 Å². The number of carboxylic acid groups (broad SMARTS) is 1. The number of benzene rings is 2. The molecule has 1 aromatic heterocycles. The molecule has 4 rings (SSSR count). The standard InChI is InChI=1S/C24H24FN5O4/c25-18-3-1-2-17(14-18)21-15-19(28-30(21)20-7-4-16(5-8-20)23(32)33)6-9-22(31)26-10-12-29-13-11-27-24(29)34/h1-5,7-8,14-15H,6,9-13H2,(H,26,31)(H,27,34)(H,32,33). The van der Waals surface area contributed by atoms with Crippen LogP contribution < -0.4 is 10.6 Å². The third kappa shape index (κ3) is 5.40. The van der Waals surface area contributed by atoms with E-state index >= 15 is 0 Å². The van der Waals surface area contributed by atoms with E-state index < -0.39 is 5.97 Å². The van der Waals surface area contributed by atoms with Crippen LogP contribution in [0.15, 0.2) is 54.6 Å². The molecule has 0 unspecified atom stereocenters. The van der Waals surface area contributed by atoms with E-state index in [1.54, 1.807) is 39.9 Å². The van der Waals surface area contributed by atoms with Gasteiger partial charge in [0.25, 0.3) is 0 Å². The first-order valence-corrected chi connectivity index (χ1v) is 10.9. The molecule has 0 aliphatic carbocycles. The molecule has 0 saturated carbocycles. The topological polar surface area (TPSA) is 117 Å². The fraction of sp³-hybridized carbons (Fsp3) is 0.250. The molecule has 34 heavy (non-hydrogen) atoms. The highest BCUT2D eigenvalue weighted by atomic mass is 19.1. The van der Waals surface area contributed by atoms with Crippen molar-refractivity contribution in [1.82, 2.24) is 25.3 Å². The van der Waals surface area contributed by atoms with Crippen LogP contribution in [0.5, 0.6) is 0 Å². The molecule has 0 radical (unpaired) electrons. The third-order valence-electron chi connectivity index (χ3n) is 5.50. The van der Waals surface area contributed by atoms with Crippen molar-refractivity contribution < 1.29 is 23.9 Å². The lowest BCUT2D eigenvalue weighted by Crippen LogP contribution is -2.36. The number of aromatic carboxylic acids is 1. The van der Waals surface area contributed by atoms with Gasteiger partial charge >= 0.3 is 12.0 Å². The molecule has 9 nitrogen and oxygen atoms in total. The van der Waals surface area contributed by atoms with Gasteiger partial charge in [0.15, 0.2) is 0 Å². The first kappa shape index (κ1) is 23.0. The lowest BCUT2D eigenvalue weighted by Gasteiger charge is -2.14. The Labute approximate surface area is 195 Å². The van der Waals surface area contributed by atoms with Gasteiger partial charge in [-0.1, -0.05) is 12.1 Å². The monoisotopic (exact) mass is 465 g/mol. The Hall–Kier alpha value is -4.21. The molecule has 1 aliphatic rings. The minimum absolute atomic E-state index is 0.124. The molecule has 176 valence electrons. The van der Waals surface area contributed by atoms with Crippen molar-refractivity contribution in [2.45, 2.75) is 12.8 Å². The van der Waals surface area contributed by atoms with E-state index in [1.165, 1.54) is 24.3 Å². The number of carbonyl (C=O) groups excluding carboxylic acids is 2. The van der Waals surface area contributed by atoms with Crippen molar-refractivity contribution in [2.24, 2.45) is 0 Å². The largest absolute Gasteiger partial charge is 0.478 e. The number of nitrogens with one attached hydrogen (secondary N) is 2. The minimum Gasteiger partial charge on any atom is -0.478 e. The van der Waals surface area contributed by atoms with Crippen molar-refractivity contribution >= 4 is 17.9 Å². The quantitative estimate of drug-likeness (QED) is 0.449. The number of aryl methyl sites for hydroxylation is 1. The van der Waals surface area contributed by atoms with Gasteiger partial charge in [-0.2, -0.15) is 5.10 Å². The summed E-state index contributed by atoms with van der Waals surface area (Å²) in [7, 11) is 0. The predicted octanol–water partition coefficient (Wildman–Crippen LogP) is 2.45. The summed E-state index contributed by atoms with van der Waals surface area (Å²) in [5.41, 5.74) is 2.62. The molecule has 1 fully saturated rings. The summed E-state index contributed by atoms with van der Waals surface area (Å²) in [6.45, 7) is 2.05. The number of carbonyl (C=O) groups is 3. The van der Waals surface area contributed by atoms with Gasteiger partial charge in [0, 0.05) is 44.6 Å². The number of halogens is 1. The number of hydrogen-bond acceptors (Lipinski definition) is 4. The zero-order chi connectivity index (χ0) is 24.1. The summed E-state index contributed by atoms with van der Waals surface area (Å²) >= 11 is 0. The lowest BCUT2D eigenvalue weighted by atomic mass is 10.1. The van der Waals surface area contributed by atoms with E-state index in [0.29, 0.717) is 55.2 Å². The molecular formula is C24H24FN5O4. The van der Waals surface area contributed by atoms with Gasteiger partial charge in [0.2, 0.25) is 5.91 Å². The second-order valence-corrected chi connectivity index (χ2v) is 7.86. The molecular weight excluding hydrogens is 441 g/mol. The van der Waals surface area contributed by atoms with Crippen molar-refractivity contribution in [3.8, 4) is 16.9 Å². The van der Waals surface area contributed by atoms with Gasteiger partial charge in [-0.15, -0.1) is 0 Å². The number of carboxylic acids is 1. The van der Waals surface area contributed by atoms with Crippen LogP contribution >= 0.6 is 0 Å². The van der Waals surface area contributed by atoms with E-state index in [0.717, 1.165) is 0 Å². The SMILES string of the molecule is O=C(CCc1cc(-c2cccc(F)c2)n(-c2ccc(C(=O)O)cc2)n1)NCCN1CCNC1=O. The normalized spacial score (nSPS) is 13.1. The van der Waals surface area contributed by atoms with Gasteiger partial charge in [0.1, 0.15) is 5.82 Å². The van der Waals surface area contributed by atoms with Crippen LogP contribution in [-0.4, -0.2) is 63.9 Å². The number of aromatic nitrogens is 2. The number of amides is 3. The summed E-state index contributed by atoms with van der Waals surface area (Å²) < 4.78 is 15.5. The van der Waals surface area contributed by atoms with Crippen LogP contribution in [0, 0.1) is 5.82 Å². The van der Waals surface area contributed by atoms with E-state index in [2.05, 4.69) is 15.7 Å². The molecule has 10 heteroatoms. The predicted molar refractivity (Wildman–Crippen MR) is 122 cm³/mol. The maximum atomic E-state index is 13.9. The highest BCUT2D eigenvalue weighted by Gasteiger charge is 2.19. The molecule has 2 heterocycles. The minimum atomic E-state index is -1.03. The van der Waals surface area contributed by atoms with Crippen molar-refractivity contribution in [3.05, 3.63) is 71.7 Å². The highest BCUT2D eigenvalue weighted by molar-refractivity contribution is 5.87. The van der Waals surface area contributed by atoms with Crippen LogP contribution in [0.3, 0.4) is 0 Å². The summed E-state index contributed by atoms with van der Waals surface area (Å²) in [6, 6.07) is 14.0. The van der Waals surface area contributed by atoms with Gasteiger partial charge < -0.3 is 20.6 Å². The Morgan fingerprint density at radius 1 is 1.15 bits per heavy atom. The number of nitrogens with zero attached hydrogens (tertiary/aromatic N) is 3. The Balaban J connectivity index is 1.47.